The van der Waals surface area contributed by atoms with Gasteiger partial charge in [0.05, 0.1) is 0 Å². The second-order valence-corrected chi connectivity index (χ2v) is 5.16. The van der Waals surface area contributed by atoms with Crippen LogP contribution in [0.3, 0.4) is 0 Å². The number of hydrogen-bond acceptors (Lipinski definition) is 3. The summed E-state index contributed by atoms with van der Waals surface area (Å²) in [4.78, 5) is 8.96. The lowest BCUT2D eigenvalue weighted by Gasteiger charge is -2.11. The van der Waals surface area contributed by atoms with Crippen LogP contribution in [-0.2, 0) is 6.42 Å². The second kappa shape index (κ2) is 6.09. The molecule has 3 nitrogen and oxygen atoms in total. The van der Waals surface area contributed by atoms with Crippen LogP contribution >= 0.6 is 0 Å². The minimum Gasteiger partial charge on any atom is -0.327 e. The first-order chi connectivity index (χ1) is 9.49. The highest BCUT2D eigenvalue weighted by Crippen LogP contribution is 2.22. The molecule has 2 rings (SSSR count). The molecule has 4 heteroatoms. The maximum Gasteiger partial charge on any atom is 0.159 e. The van der Waals surface area contributed by atoms with Crippen molar-refractivity contribution < 1.29 is 4.39 Å². The van der Waals surface area contributed by atoms with Gasteiger partial charge in [-0.15, -0.1) is 0 Å². The van der Waals surface area contributed by atoms with Crippen molar-refractivity contribution in [3.63, 3.8) is 0 Å². The first-order valence-corrected chi connectivity index (χ1v) is 6.86. The van der Waals surface area contributed by atoms with E-state index >= 15 is 0 Å². The first-order valence-electron chi connectivity index (χ1n) is 6.86. The third kappa shape index (κ3) is 3.39. The Bertz CT molecular complexity index is 611. The fraction of sp³-hybridized carbons (Fsp3) is 0.375. The zero-order valence-electron chi connectivity index (χ0n) is 12.2. The summed E-state index contributed by atoms with van der Waals surface area (Å²) in [5.74, 6) is 0.294. The molecule has 0 aliphatic rings. The molecule has 0 fully saturated rings. The van der Waals surface area contributed by atoms with Crippen molar-refractivity contribution in [2.45, 2.75) is 39.7 Å². The molecular formula is C16H20FN3. The summed E-state index contributed by atoms with van der Waals surface area (Å²) >= 11 is 0. The van der Waals surface area contributed by atoms with Gasteiger partial charge in [-0.1, -0.05) is 13.0 Å². The Balaban J connectivity index is 2.44. The summed E-state index contributed by atoms with van der Waals surface area (Å²) in [6.45, 7) is 5.90. The summed E-state index contributed by atoms with van der Waals surface area (Å²) < 4.78 is 13.4. The van der Waals surface area contributed by atoms with E-state index in [-0.39, 0.29) is 11.9 Å². The van der Waals surface area contributed by atoms with Crippen molar-refractivity contribution in [3.8, 4) is 11.4 Å². The van der Waals surface area contributed by atoms with E-state index in [1.807, 2.05) is 19.9 Å². The number of nitrogens with two attached hydrogens (primary N) is 1. The normalized spacial score (nSPS) is 12.4. The van der Waals surface area contributed by atoms with Crippen molar-refractivity contribution in [1.82, 2.24) is 9.97 Å². The van der Waals surface area contributed by atoms with Gasteiger partial charge in [0, 0.05) is 29.4 Å². The summed E-state index contributed by atoms with van der Waals surface area (Å²) in [5, 5.41) is 0. The van der Waals surface area contributed by atoms with Gasteiger partial charge >= 0.3 is 0 Å². The summed E-state index contributed by atoms with van der Waals surface area (Å²) in [5.41, 5.74) is 9.45. The van der Waals surface area contributed by atoms with Crippen LogP contribution in [0.1, 0.15) is 30.3 Å². The fourth-order valence-electron chi connectivity index (χ4n) is 2.11. The van der Waals surface area contributed by atoms with Gasteiger partial charge in [0.2, 0.25) is 0 Å². The smallest absolute Gasteiger partial charge is 0.159 e. The van der Waals surface area contributed by atoms with Gasteiger partial charge in [-0.3, -0.25) is 0 Å². The van der Waals surface area contributed by atoms with E-state index in [1.54, 1.807) is 6.07 Å². The minimum absolute atomic E-state index is 0.0887. The Morgan fingerprint density at radius 3 is 2.65 bits per heavy atom. The average molecular weight is 273 g/mol. The monoisotopic (exact) mass is 273 g/mol. The Morgan fingerprint density at radius 1 is 1.20 bits per heavy atom. The Morgan fingerprint density at radius 2 is 1.95 bits per heavy atom. The van der Waals surface area contributed by atoms with E-state index in [0.29, 0.717) is 12.2 Å². The third-order valence-electron chi connectivity index (χ3n) is 3.34. The zero-order valence-corrected chi connectivity index (χ0v) is 12.2. The lowest BCUT2D eigenvalue weighted by atomic mass is 10.1. The molecule has 2 aromatic rings. The molecule has 0 aliphatic heterocycles. The van der Waals surface area contributed by atoms with Gasteiger partial charge in [-0.2, -0.15) is 0 Å². The van der Waals surface area contributed by atoms with Crippen LogP contribution in [0.5, 0.6) is 0 Å². The predicted molar refractivity (Wildman–Crippen MR) is 78.9 cm³/mol. The number of hydrogen-bond donors (Lipinski definition) is 1. The molecule has 0 aliphatic carbocycles. The van der Waals surface area contributed by atoms with Crippen molar-refractivity contribution in [2.75, 3.05) is 0 Å². The highest BCUT2D eigenvalue weighted by molar-refractivity contribution is 5.60. The van der Waals surface area contributed by atoms with Crippen LogP contribution in [0.25, 0.3) is 11.4 Å². The zero-order chi connectivity index (χ0) is 14.7. The van der Waals surface area contributed by atoms with Crippen LogP contribution in [0, 0.1) is 19.7 Å². The van der Waals surface area contributed by atoms with Gasteiger partial charge in [-0.05, 0) is 44.0 Å². The molecule has 1 heterocycles. The largest absolute Gasteiger partial charge is 0.327 e. The topological polar surface area (TPSA) is 51.8 Å². The molecule has 0 saturated heterocycles. The first kappa shape index (κ1) is 14.6. The molecule has 0 spiro atoms. The van der Waals surface area contributed by atoms with E-state index in [2.05, 4.69) is 16.9 Å². The summed E-state index contributed by atoms with van der Waals surface area (Å²) in [7, 11) is 0. The van der Waals surface area contributed by atoms with E-state index < -0.39 is 0 Å². The number of aryl methyl sites for hydroxylation is 2. The Kier molecular flexibility index (Phi) is 4.45. The number of benzene rings is 1. The minimum atomic E-state index is -0.275. The highest BCUT2D eigenvalue weighted by Gasteiger charge is 2.10. The molecule has 1 aromatic heterocycles. The van der Waals surface area contributed by atoms with E-state index in [4.69, 9.17) is 5.73 Å². The molecule has 1 aromatic carbocycles. The van der Waals surface area contributed by atoms with Gasteiger partial charge in [0.25, 0.3) is 0 Å². The lowest BCUT2D eigenvalue weighted by Crippen LogP contribution is -2.22. The van der Waals surface area contributed by atoms with Crippen molar-refractivity contribution >= 4 is 0 Å². The third-order valence-corrected chi connectivity index (χ3v) is 3.34. The van der Waals surface area contributed by atoms with E-state index in [0.717, 1.165) is 28.9 Å². The Hall–Kier alpha value is -1.81. The van der Waals surface area contributed by atoms with Gasteiger partial charge in [-0.25, -0.2) is 14.4 Å². The maximum atomic E-state index is 13.4. The van der Waals surface area contributed by atoms with Gasteiger partial charge in [0.1, 0.15) is 5.82 Å². The number of nitrogens with zero attached hydrogens (tertiary/aromatic N) is 2. The van der Waals surface area contributed by atoms with Crippen molar-refractivity contribution in [2.24, 2.45) is 5.73 Å². The van der Waals surface area contributed by atoms with Gasteiger partial charge < -0.3 is 5.73 Å². The molecule has 1 atom stereocenters. The molecule has 0 bridgehead atoms. The number of aromatic nitrogens is 2. The predicted octanol–water partition coefficient (Wildman–Crippen LogP) is 3.18. The standard InChI is InChI=1S/C16H20FN3/c1-4-13(18)9-14-7-11(3)19-16(20-14)15-8-12(17)6-5-10(15)2/h5-8,13H,4,9,18H2,1-3H3. The molecule has 20 heavy (non-hydrogen) atoms. The summed E-state index contributed by atoms with van der Waals surface area (Å²) in [6, 6.07) is 6.70. The maximum absolute atomic E-state index is 13.4. The molecule has 106 valence electrons. The molecule has 0 radical (unpaired) electrons. The van der Waals surface area contributed by atoms with Crippen LogP contribution in [0.2, 0.25) is 0 Å². The van der Waals surface area contributed by atoms with Gasteiger partial charge in [0.15, 0.2) is 5.82 Å². The molecule has 2 N–H and O–H groups in total. The summed E-state index contributed by atoms with van der Waals surface area (Å²) in [6.07, 6.45) is 1.61. The molecule has 0 amide bonds. The number of halogens is 1. The van der Waals surface area contributed by atoms with Crippen LogP contribution < -0.4 is 5.73 Å². The van der Waals surface area contributed by atoms with Crippen molar-refractivity contribution in [1.29, 1.82) is 0 Å². The van der Waals surface area contributed by atoms with Crippen LogP contribution in [0.15, 0.2) is 24.3 Å². The van der Waals surface area contributed by atoms with Crippen LogP contribution in [0.4, 0.5) is 4.39 Å². The highest BCUT2D eigenvalue weighted by atomic mass is 19.1. The Labute approximate surface area is 119 Å². The fourth-order valence-corrected chi connectivity index (χ4v) is 2.11. The quantitative estimate of drug-likeness (QED) is 0.930. The molecule has 1 unspecified atom stereocenters. The van der Waals surface area contributed by atoms with Crippen LogP contribution in [-0.4, -0.2) is 16.0 Å². The second-order valence-electron chi connectivity index (χ2n) is 5.16. The van der Waals surface area contributed by atoms with Crippen molar-refractivity contribution in [3.05, 3.63) is 47.0 Å². The molecular weight excluding hydrogens is 253 g/mol. The van der Waals surface area contributed by atoms with E-state index in [9.17, 15) is 4.39 Å². The average Bonchev–Trinajstić information content (AvgIpc) is 2.40. The van der Waals surface area contributed by atoms with E-state index in [1.165, 1.54) is 12.1 Å². The number of rotatable bonds is 4. The lowest BCUT2D eigenvalue weighted by molar-refractivity contribution is 0.627. The SMILES string of the molecule is CCC(N)Cc1cc(C)nc(-c2cc(F)ccc2C)n1. The molecule has 0 saturated carbocycles.